The van der Waals surface area contributed by atoms with Crippen molar-refractivity contribution in [3.8, 4) is 0 Å². The fourth-order valence-corrected chi connectivity index (χ4v) is 5.37. The van der Waals surface area contributed by atoms with Crippen molar-refractivity contribution in [2.24, 2.45) is 16.6 Å². The van der Waals surface area contributed by atoms with Crippen molar-refractivity contribution in [3.63, 3.8) is 0 Å². The third-order valence-electron chi connectivity index (χ3n) is 7.05. The molecule has 0 bridgehead atoms. The monoisotopic (exact) mass is 613 g/mol. The van der Waals surface area contributed by atoms with Crippen LogP contribution in [0.5, 0.6) is 0 Å². The van der Waals surface area contributed by atoms with Gasteiger partial charge in [-0.25, -0.2) is 0 Å². The van der Waals surface area contributed by atoms with Crippen molar-refractivity contribution < 1.29 is 22.4 Å². The van der Waals surface area contributed by atoms with Crippen LogP contribution in [0.2, 0.25) is 0 Å². The van der Waals surface area contributed by atoms with E-state index >= 15 is 0 Å². The molecule has 2 fully saturated rings. The van der Waals surface area contributed by atoms with Crippen molar-refractivity contribution in [3.05, 3.63) is 11.7 Å². The van der Waals surface area contributed by atoms with Crippen LogP contribution in [0, 0.1) is 5.92 Å². The number of rotatable bonds is 12. The number of alkyl halides is 4. The molecule has 11 heteroatoms. The molecule has 1 aliphatic carbocycles. The van der Waals surface area contributed by atoms with Gasteiger partial charge in [0, 0.05) is 23.5 Å². The van der Waals surface area contributed by atoms with Gasteiger partial charge in [0.1, 0.15) is 6.04 Å². The van der Waals surface area contributed by atoms with Gasteiger partial charge in [0.25, 0.3) is 0 Å². The van der Waals surface area contributed by atoms with Crippen molar-refractivity contribution in [1.82, 2.24) is 15.0 Å². The lowest BCUT2D eigenvalue weighted by molar-refractivity contribution is -0.218. The summed E-state index contributed by atoms with van der Waals surface area (Å²) in [7, 11) is 0. The standard InChI is InChI=1S/C24H39F3IN5O2/c1-2-3-4-5-6-7-15-34-20-11-10-17(16-18(20)24(25,26)27)21-31-22(35-32-21)19-9-8-14-33(19)23(29)30-13-12-28/h17-20H,2-16H2,1H3,(H2,29,30)/t17?,18?,19-,20?/m0/s1. The van der Waals surface area contributed by atoms with Gasteiger partial charge in [-0.2, -0.15) is 18.2 Å². The molecule has 2 aliphatic rings. The zero-order valence-corrected chi connectivity index (χ0v) is 22.8. The molecular formula is C24H39F3IN5O2. The van der Waals surface area contributed by atoms with E-state index in [1.165, 1.54) is 19.3 Å². The number of aromatic nitrogens is 2. The zero-order chi connectivity index (χ0) is 25.3. The highest BCUT2D eigenvalue weighted by Crippen LogP contribution is 2.45. The summed E-state index contributed by atoms with van der Waals surface area (Å²) in [5, 5.41) is 4.09. The molecule has 2 heterocycles. The van der Waals surface area contributed by atoms with Crippen molar-refractivity contribution >= 4 is 28.6 Å². The molecule has 3 unspecified atom stereocenters. The minimum atomic E-state index is -4.32. The second-order valence-corrected chi connectivity index (χ2v) is 10.7. The average Bonchev–Trinajstić information content (AvgIpc) is 3.51. The summed E-state index contributed by atoms with van der Waals surface area (Å²) in [6.45, 7) is 3.93. The second-order valence-electron chi connectivity index (χ2n) is 9.61. The van der Waals surface area contributed by atoms with Gasteiger partial charge in [-0.05, 0) is 38.5 Å². The number of nitrogens with zero attached hydrogens (tertiary/aromatic N) is 4. The van der Waals surface area contributed by atoms with Gasteiger partial charge in [0.2, 0.25) is 5.89 Å². The molecule has 35 heavy (non-hydrogen) atoms. The molecule has 1 saturated carbocycles. The number of guanidine groups is 1. The largest absolute Gasteiger partial charge is 0.394 e. The van der Waals surface area contributed by atoms with Crippen molar-refractivity contribution in [1.29, 1.82) is 0 Å². The molecule has 3 rings (SSSR count). The van der Waals surface area contributed by atoms with E-state index in [-0.39, 0.29) is 12.5 Å². The second kappa shape index (κ2) is 14.0. The molecule has 7 nitrogen and oxygen atoms in total. The van der Waals surface area contributed by atoms with Crippen LogP contribution in [-0.2, 0) is 4.74 Å². The molecule has 1 aliphatic heterocycles. The van der Waals surface area contributed by atoms with E-state index in [0.29, 0.717) is 43.7 Å². The number of hydrogen-bond donors (Lipinski definition) is 1. The number of unbranched alkanes of at least 4 members (excludes halogenated alkanes) is 5. The topological polar surface area (TPSA) is 89.8 Å². The summed E-state index contributed by atoms with van der Waals surface area (Å²) in [6, 6.07) is -0.176. The van der Waals surface area contributed by atoms with Crippen LogP contribution in [0.4, 0.5) is 13.2 Å². The van der Waals surface area contributed by atoms with E-state index in [2.05, 4.69) is 44.6 Å². The molecule has 1 aromatic heterocycles. The summed E-state index contributed by atoms with van der Waals surface area (Å²) in [5.41, 5.74) is 6.15. The third-order valence-corrected chi connectivity index (χ3v) is 7.53. The predicted molar refractivity (Wildman–Crippen MR) is 138 cm³/mol. The predicted octanol–water partition coefficient (Wildman–Crippen LogP) is 6.15. The molecule has 1 aromatic rings. The quantitative estimate of drug-likeness (QED) is 0.100. The first-order valence-electron chi connectivity index (χ1n) is 13.0. The maximum absolute atomic E-state index is 13.9. The van der Waals surface area contributed by atoms with Gasteiger partial charge < -0.3 is 19.9 Å². The fourth-order valence-electron chi connectivity index (χ4n) is 5.13. The van der Waals surface area contributed by atoms with Crippen LogP contribution in [0.1, 0.15) is 101 Å². The Morgan fingerprint density at radius 3 is 2.71 bits per heavy atom. The highest BCUT2D eigenvalue weighted by Gasteiger charge is 2.49. The van der Waals surface area contributed by atoms with Crippen LogP contribution < -0.4 is 5.73 Å². The molecule has 0 amide bonds. The van der Waals surface area contributed by atoms with Crippen molar-refractivity contribution in [2.75, 3.05) is 24.1 Å². The minimum Gasteiger partial charge on any atom is -0.378 e. The van der Waals surface area contributed by atoms with Gasteiger partial charge >= 0.3 is 6.18 Å². The Morgan fingerprint density at radius 1 is 1.20 bits per heavy atom. The molecule has 1 saturated heterocycles. The number of likely N-dealkylation sites (tertiary alicyclic amines) is 1. The molecule has 2 N–H and O–H groups in total. The molecule has 200 valence electrons. The number of ether oxygens (including phenoxy) is 1. The minimum absolute atomic E-state index is 0.0721. The maximum atomic E-state index is 13.9. The highest BCUT2D eigenvalue weighted by atomic mass is 127. The SMILES string of the molecule is CCCCCCCCOC1CCC(c2noc([C@@H]3CCCN3C(N)=NCCI)n2)CC1C(F)(F)F. The third kappa shape index (κ3) is 8.19. The van der Waals surface area contributed by atoms with E-state index < -0.39 is 24.1 Å². The lowest BCUT2D eigenvalue weighted by Gasteiger charge is -2.36. The number of hydrogen-bond acceptors (Lipinski definition) is 5. The number of halogens is 4. The first-order valence-corrected chi connectivity index (χ1v) is 14.5. The van der Waals surface area contributed by atoms with Gasteiger partial charge in [0.05, 0.1) is 18.6 Å². The van der Waals surface area contributed by atoms with E-state index in [1.54, 1.807) is 0 Å². The zero-order valence-electron chi connectivity index (χ0n) is 20.6. The first kappa shape index (κ1) is 28.5. The normalized spacial score (nSPS) is 26.0. The summed E-state index contributed by atoms with van der Waals surface area (Å²) in [4.78, 5) is 10.9. The van der Waals surface area contributed by atoms with Gasteiger partial charge in [-0.15, -0.1) is 0 Å². The van der Waals surface area contributed by atoms with Gasteiger partial charge in [-0.3, -0.25) is 4.99 Å². The van der Waals surface area contributed by atoms with Crippen LogP contribution in [0.25, 0.3) is 0 Å². The molecular weight excluding hydrogens is 574 g/mol. The lowest BCUT2D eigenvalue weighted by atomic mass is 9.78. The molecule has 0 aromatic carbocycles. The van der Waals surface area contributed by atoms with Crippen LogP contribution in [0.15, 0.2) is 9.52 Å². The number of aliphatic imine (C=N–C) groups is 1. The van der Waals surface area contributed by atoms with E-state index in [0.717, 1.165) is 43.1 Å². The smallest absolute Gasteiger partial charge is 0.378 e. The Labute approximate surface area is 220 Å². The maximum Gasteiger partial charge on any atom is 0.394 e. The summed E-state index contributed by atoms with van der Waals surface area (Å²) in [5.74, 6) is -0.687. The summed E-state index contributed by atoms with van der Waals surface area (Å²) >= 11 is 2.24. The number of nitrogens with two attached hydrogens (primary N) is 1. The van der Waals surface area contributed by atoms with Crippen molar-refractivity contribution in [2.45, 2.75) is 102 Å². The summed E-state index contributed by atoms with van der Waals surface area (Å²) in [6.07, 6.45) is 3.91. The summed E-state index contributed by atoms with van der Waals surface area (Å²) < 4.78 is 53.9. The Hall–Kier alpha value is -1.11. The van der Waals surface area contributed by atoms with Crippen LogP contribution in [-0.4, -0.2) is 57.4 Å². The Balaban J connectivity index is 1.58. The first-order chi connectivity index (χ1) is 16.8. The van der Waals surface area contributed by atoms with E-state index in [1.807, 2.05) is 4.90 Å². The lowest BCUT2D eigenvalue weighted by Crippen LogP contribution is -2.40. The van der Waals surface area contributed by atoms with E-state index in [9.17, 15) is 13.2 Å². The van der Waals surface area contributed by atoms with Crippen LogP contribution >= 0.6 is 22.6 Å². The molecule has 4 atom stereocenters. The highest BCUT2D eigenvalue weighted by molar-refractivity contribution is 14.1. The molecule has 0 spiro atoms. The Kier molecular flexibility index (Phi) is 11.4. The Morgan fingerprint density at radius 2 is 1.97 bits per heavy atom. The van der Waals surface area contributed by atoms with Crippen LogP contribution in [0.3, 0.4) is 0 Å². The van der Waals surface area contributed by atoms with Gasteiger partial charge in [-0.1, -0.05) is 66.8 Å². The van der Waals surface area contributed by atoms with E-state index in [4.69, 9.17) is 15.0 Å². The molecule has 0 radical (unpaired) electrons. The fraction of sp³-hybridized carbons (Fsp3) is 0.875. The van der Waals surface area contributed by atoms with Gasteiger partial charge in [0.15, 0.2) is 11.8 Å². The average molecular weight is 614 g/mol. The Bertz CT molecular complexity index is 791.